The molecule has 2 amide bonds. The summed E-state index contributed by atoms with van der Waals surface area (Å²) >= 11 is 3.66. The van der Waals surface area contributed by atoms with Crippen LogP contribution in [0, 0.1) is 25.7 Å². The van der Waals surface area contributed by atoms with E-state index in [0.29, 0.717) is 18.5 Å². The number of aliphatic hydroxyl groups excluding tert-OH is 1. The molecule has 7 atom stereocenters. The third-order valence-electron chi connectivity index (χ3n) is 8.18. The maximum Gasteiger partial charge on any atom is 0.312 e. The lowest BCUT2D eigenvalue weighted by atomic mass is 9.70. The summed E-state index contributed by atoms with van der Waals surface area (Å²) in [5, 5.41) is 13.6. The zero-order valence-corrected chi connectivity index (χ0v) is 23.3. The fourth-order valence-electron chi connectivity index (χ4n) is 6.61. The lowest BCUT2D eigenvalue weighted by Crippen LogP contribution is -2.57. The predicted octanol–water partition coefficient (Wildman–Crippen LogP) is 3.16. The predicted molar refractivity (Wildman–Crippen MR) is 145 cm³/mol. The maximum absolute atomic E-state index is 14.2. The molecule has 3 fully saturated rings. The molecular weight excluding hydrogens is 552 g/mol. The summed E-state index contributed by atoms with van der Waals surface area (Å²) in [6.45, 7) is 5.38. The van der Waals surface area contributed by atoms with Gasteiger partial charge < -0.3 is 24.8 Å². The van der Waals surface area contributed by atoms with Gasteiger partial charge in [-0.2, -0.15) is 0 Å². The van der Waals surface area contributed by atoms with E-state index in [9.17, 15) is 19.5 Å². The number of esters is 1. The number of ether oxygens (including phenoxy) is 2. The van der Waals surface area contributed by atoms with Crippen LogP contribution >= 0.6 is 15.9 Å². The van der Waals surface area contributed by atoms with Crippen LogP contribution in [0.15, 0.2) is 48.5 Å². The highest BCUT2D eigenvalue weighted by molar-refractivity contribution is 9.09. The van der Waals surface area contributed by atoms with Crippen LogP contribution in [-0.2, 0) is 30.3 Å². The molecule has 8 nitrogen and oxygen atoms in total. The molecule has 9 heteroatoms. The molecule has 0 radical (unpaired) electrons. The van der Waals surface area contributed by atoms with Gasteiger partial charge in [-0.25, -0.2) is 0 Å². The Kier molecular flexibility index (Phi) is 7.37. The van der Waals surface area contributed by atoms with Crippen molar-refractivity contribution in [1.82, 2.24) is 4.90 Å². The van der Waals surface area contributed by atoms with Crippen LogP contribution in [0.3, 0.4) is 0 Å². The zero-order chi connectivity index (χ0) is 27.2. The van der Waals surface area contributed by atoms with E-state index >= 15 is 0 Å². The molecule has 1 unspecified atom stereocenters. The molecular formula is C29H33BrN2O6. The second-order valence-electron chi connectivity index (χ2n) is 10.4. The van der Waals surface area contributed by atoms with Crippen molar-refractivity contribution in [2.45, 2.75) is 62.2 Å². The Hall–Kier alpha value is -2.75. The number of para-hydroxylation sites is 1. The van der Waals surface area contributed by atoms with Crippen molar-refractivity contribution >= 4 is 39.4 Å². The number of carbonyl (C=O) groups is 3. The highest BCUT2D eigenvalue weighted by Gasteiger charge is 2.77. The van der Waals surface area contributed by atoms with Crippen molar-refractivity contribution in [3.05, 3.63) is 65.2 Å². The summed E-state index contributed by atoms with van der Waals surface area (Å²) in [5.74, 6) is -2.96. The normalized spacial score (nSPS) is 30.3. The van der Waals surface area contributed by atoms with Gasteiger partial charge in [0.2, 0.25) is 11.8 Å². The van der Waals surface area contributed by atoms with Crippen LogP contribution in [0.25, 0.3) is 0 Å². The molecule has 2 aromatic rings. The first-order chi connectivity index (χ1) is 18.2. The number of fused-ring (bicyclic) bond motifs is 1. The van der Waals surface area contributed by atoms with Gasteiger partial charge in [-0.05, 0) is 50.3 Å². The highest BCUT2D eigenvalue weighted by Crippen LogP contribution is 2.60. The molecule has 202 valence electrons. The van der Waals surface area contributed by atoms with Crippen molar-refractivity contribution in [2.75, 3.05) is 18.5 Å². The van der Waals surface area contributed by atoms with Gasteiger partial charge in [0.25, 0.3) is 0 Å². The van der Waals surface area contributed by atoms with E-state index in [1.165, 1.54) is 4.90 Å². The minimum atomic E-state index is -1.22. The quantitative estimate of drug-likeness (QED) is 0.365. The van der Waals surface area contributed by atoms with Gasteiger partial charge in [-0.15, -0.1) is 0 Å². The Balaban J connectivity index is 1.58. The van der Waals surface area contributed by atoms with Gasteiger partial charge in [0.15, 0.2) is 0 Å². The highest BCUT2D eigenvalue weighted by atomic mass is 79.9. The van der Waals surface area contributed by atoms with E-state index < -0.39 is 47.5 Å². The maximum atomic E-state index is 14.2. The molecule has 2 aromatic carbocycles. The molecule has 38 heavy (non-hydrogen) atoms. The number of alkyl halides is 1. The lowest BCUT2D eigenvalue weighted by molar-refractivity contribution is -0.155. The average molecular weight is 585 g/mol. The Labute approximate surface area is 230 Å². The van der Waals surface area contributed by atoms with Gasteiger partial charge in [0.1, 0.15) is 11.6 Å². The molecule has 2 bridgehead atoms. The lowest BCUT2D eigenvalue weighted by Gasteiger charge is -2.37. The summed E-state index contributed by atoms with van der Waals surface area (Å²) in [4.78, 5) is 42.8. The van der Waals surface area contributed by atoms with Crippen LogP contribution in [-0.4, -0.2) is 69.6 Å². The molecule has 0 aromatic heterocycles. The molecule has 3 aliphatic rings. The molecule has 0 saturated carbocycles. The van der Waals surface area contributed by atoms with Crippen LogP contribution in [0.2, 0.25) is 0 Å². The summed E-state index contributed by atoms with van der Waals surface area (Å²) in [6.07, 6.45) is 0.154. The third-order valence-corrected chi connectivity index (χ3v) is 9.03. The molecule has 5 rings (SSSR count). The van der Waals surface area contributed by atoms with E-state index in [-0.39, 0.29) is 23.9 Å². The summed E-state index contributed by atoms with van der Waals surface area (Å²) in [5.41, 5.74) is 2.17. The Morgan fingerprint density at radius 2 is 1.87 bits per heavy atom. The SMILES string of the molecule is CCOC(=O)[C@H]1[C@@H]2O[C@@]3(CC2Br)[C@@H]1C(=O)N([C@@H](CO)Cc1ccccc1)[C@@H]3C(=O)Nc1c(C)cccc1C. The number of anilines is 1. The van der Waals surface area contributed by atoms with Crippen LogP contribution in [0.4, 0.5) is 5.69 Å². The van der Waals surface area contributed by atoms with Crippen molar-refractivity contribution < 1.29 is 29.0 Å². The van der Waals surface area contributed by atoms with Crippen molar-refractivity contribution in [3.8, 4) is 0 Å². The number of benzene rings is 2. The second-order valence-corrected chi connectivity index (χ2v) is 11.6. The molecule has 0 aliphatic carbocycles. The monoisotopic (exact) mass is 584 g/mol. The molecule has 1 spiro atoms. The number of halogens is 1. The summed E-state index contributed by atoms with van der Waals surface area (Å²) < 4.78 is 11.9. The largest absolute Gasteiger partial charge is 0.466 e. The fourth-order valence-corrected chi connectivity index (χ4v) is 7.55. The Morgan fingerprint density at radius 3 is 2.50 bits per heavy atom. The Morgan fingerprint density at radius 1 is 1.18 bits per heavy atom. The number of aryl methyl sites for hydroxylation is 2. The van der Waals surface area contributed by atoms with Crippen LogP contribution in [0.5, 0.6) is 0 Å². The zero-order valence-electron chi connectivity index (χ0n) is 21.7. The number of hydrogen-bond donors (Lipinski definition) is 2. The van der Waals surface area contributed by atoms with Crippen molar-refractivity contribution in [1.29, 1.82) is 0 Å². The fraction of sp³-hybridized carbons (Fsp3) is 0.483. The summed E-state index contributed by atoms with van der Waals surface area (Å²) in [6, 6.07) is 13.6. The van der Waals surface area contributed by atoms with Gasteiger partial charge >= 0.3 is 5.97 Å². The van der Waals surface area contributed by atoms with E-state index in [1.807, 2.05) is 62.4 Å². The Bertz CT molecular complexity index is 1220. The van der Waals surface area contributed by atoms with Crippen molar-refractivity contribution in [2.24, 2.45) is 11.8 Å². The number of nitrogens with zero attached hydrogens (tertiary/aromatic N) is 1. The number of carbonyl (C=O) groups excluding carboxylic acids is 3. The molecule has 3 heterocycles. The first-order valence-electron chi connectivity index (χ1n) is 13.1. The summed E-state index contributed by atoms with van der Waals surface area (Å²) in [7, 11) is 0. The van der Waals surface area contributed by atoms with Gasteiger partial charge in [-0.3, -0.25) is 14.4 Å². The average Bonchev–Trinajstić information content (AvgIpc) is 3.49. The van der Waals surface area contributed by atoms with Crippen LogP contribution < -0.4 is 5.32 Å². The molecule has 3 aliphatic heterocycles. The van der Waals surface area contributed by atoms with Crippen LogP contribution in [0.1, 0.15) is 30.0 Å². The minimum Gasteiger partial charge on any atom is -0.466 e. The number of aliphatic hydroxyl groups is 1. The van der Waals surface area contributed by atoms with E-state index in [4.69, 9.17) is 9.47 Å². The molecule has 3 saturated heterocycles. The first kappa shape index (κ1) is 26.8. The number of likely N-dealkylation sites (tertiary alicyclic amines) is 1. The smallest absolute Gasteiger partial charge is 0.312 e. The molecule has 2 N–H and O–H groups in total. The minimum absolute atomic E-state index is 0.177. The standard InChI is InChI=1S/C29H33BrN2O6/c1-4-37-28(36)21-22-27(35)32(19(15-33)13-18-11-6-5-7-12-18)25(29(22)14-20(30)24(21)38-29)26(34)31-23-16(2)9-8-10-17(23)3/h5-12,19-22,24-25,33H,4,13-15H2,1-3H3,(H,31,34)/t19-,20?,21-,22+,24-,25-,29+/m1/s1. The van der Waals surface area contributed by atoms with E-state index in [1.54, 1.807) is 6.92 Å². The van der Waals surface area contributed by atoms with E-state index in [0.717, 1.165) is 16.7 Å². The van der Waals surface area contributed by atoms with E-state index in [2.05, 4.69) is 21.2 Å². The van der Waals surface area contributed by atoms with Gasteiger partial charge in [0, 0.05) is 10.5 Å². The number of hydrogen-bond acceptors (Lipinski definition) is 6. The topological polar surface area (TPSA) is 105 Å². The number of rotatable bonds is 8. The number of nitrogens with one attached hydrogen (secondary N) is 1. The van der Waals surface area contributed by atoms with Gasteiger partial charge in [0.05, 0.1) is 37.2 Å². The number of amides is 2. The van der Waals surface area contributed by atoms with Gasteiger partial charge in [-0.1, -0.05) is 64.5 Å². The second kappa shape index (κ2) is 10.4. The van der Waals surface area contributed by atoms with Crippen molar-refractivity contribution in [3.63, 3.8) is 0 Å². The third kappa shape index (κ3) is 4.25. The first-order valence-corrected chi connectivity index (χ1v) is 14.0.